The van der Waals surface area contributed by atoms with Crippen molar-refractivity contribution >= 4 is 6.08 Å². The third-order valence-corrected chi connectivity index (χ3v) is 3.10. The van der Waals surface area contributed by atoms with E-state index in [2.05, 4.69) is 30.4 Å². The van der Waals surface area contributed by atoms with Crippen LogP contribution < -0.4 is 0 Å². The molecule has 3 rings (SSSR count). The average Bonchev–Trinajstić information content (AvgIpc) is 2.90. The molecule has 1 saturated carbocycles. The Morgan fingerprint density at radius 1 is 1.00 bits per heavy atom. The number of allylic oxidation sites excluding steroid dienone is 2. The summed E-state index contributed by atoms with van der Waals surface area (Å²) in [5.41, 5.74) is 2.50. The molecular formula is C14H14O2. The second-order valence-electron chi connectivity index (χ2n) is 4.18. The lowest BCUT2D eigenvalue weighted by atomic mass is 10.1. The first-order valence-electron chi connectivity index (χ1n) is 5.69. The maximum atomic E-state index is 5.17. The molecule has 2 heteroatoms. The molecule has 0 spiro atoms. The Kier molecular flexibility index (Phi) is 2.60. The van der Waals surface area contributed by atoms with Crippen LogP contribution in [0.25, 0.3) is 6.08 Å². The van der Waals surface area contributed by atoms with Gasteiger partial charge in [-0.05, 0) is 24.0 Å². The van der Waals surface area contributed by atoms with Crippen LogP contribution in [0.4, 0.5) is 0 Å². The van der Waals surface area contributed by atoms with Gasteiger partial charge in [-0.1, -0.05) is 48.6 Å². The van der Waals surface area contributed by atoms with Gasteiger partial charge in [-0.15, -0.1) is 0 Å². The second kappa shape index (κ2) is 4.24. The minimum atomic E-state index is 0.199. The molecule has 0 aromatic heterocycles. The highest BCUT2D eigenvalue weighted by Crippen LogP contribution is 2.37. The summed E-state index contributed by atoms with van der Waals surface area (Å²) in [7, 11) is 0. The highest BCUT2D eigenvalue weighted by Gasteiger charge is 2.39. The van der Waals surface area contributed by atoms with Crippen LogP contribution in [-0.2, 0) is 9.78 Å². The molecule has 16 heavy (non-hydrogen) atoms. The van der Waals surface area contributed by atoms with Crippen molar-refractivity contribution in [2.24, 2.45) is 0 Å². The van der Waals surface area contributed by atoms with Crippen molar-refractivity contribution in [1.82, 2.24) is 0 Å². The lowest BCUT2D eigenvalue weighted by molar-refractivity contribution is -0.315. The molecule has 1 saturated heterocycles. The van der Waals surface area contributed by atoms with Gasteiger partial charge in [0.25, 0.3) is 0 Å². The highest BCUT2D eigenvalue weighted by molar-refractivity contribution is 5.51. The molecule has 2 bridgehead atoms. The zero-order chi connectivity index (χ0) is 10.8. The fraction of sp³-hybridized carbons (Fsp3) is 0.286. The predicted molar refractivity (Wildman–Crippen MR) is 62.5 cm³/mol. The maximum Gasteiger partial charge on any atom is 0.117 e. The molecule has 1 aromatic rings. The fourth-order valence-corrected chi connectivity index (χ4v) is 2.23. The smallest absolute Gasteiger partial charge is 0.117 e. The molecule has 1 heterocycles. The highest BCUT2D eigenvalue weighted by atomic mass is 17.2. The van der Waals surface area contributed by atoms with E-state index in [-0.39, 0.29) is 12.2 Å². The molecule has 1 aromatic carbocycles. The van der Waals surface area contributed by atoms with Gasteiger partial charge >= 0.3 is 0 Å². The number of hydrogen-bond acceptors (Lipinski definition) is 2. The van der Waals surface area contributed by atoms with Crippen LogP contribution in [0.3, 0.4) is 0 Å². The van der Waals surface area contributed by atoms with Gasteiger partial charge in [0.1, 0.15) is 12.2 Å². The van der Waals surface area contributed by atoms with Crippen LogP contribution >= 0.6 is 0 Å². The first-order valence-corrected chi connectivity index (χ1v) is 5.69. The summed E-state index contributed by atoms with van der Waals surface area (Å²) in [6.45, 7) is 0. The monoisotopic (exact) mass is 214 g/mol. The average molecular weight is 214 g/mol. The van der Waals surface area contributed by atoms with Crippen molar-refractivity contribution in [3.05, 3.63) is 53.6 Å². The summed E-state index contributed by atoms with van der Waals surface area (Å²) in [5, 5.41) is 0. The van der Waals surface area contributed by atoms with E-state index >= 15 is 0 Å². The van der Waals surface area contributed by atoms with Gasteiger partial charge in [0, 0.05) is 0 Å². The molecule has 2 atom stereocenters. The van der Waals surface area contributed by atoms with E-state index in [4.69, 9.17) is 9.78 Å². The number of benzene rings is 1. The first-order chi connectivity index (χ1) is 7.93. The number of rotatable bonds is 2. The standard InChI is InChI=1S/C14H14O2/c1-2-5-11(6-3-1)7-4-8-12-13-9-10-14(12)16-15-13/h1-8,13-14H,9-10H2/b7-4+,12-8?/t13-,14+. The maximum absolute atomic E-state index is 5.17. The topological polar surface area (TPSA) is 18.5 Å². The molecule has 82 valence electrons. The molecule has 0 amide bonds. The third-order valence-electron chi connectivity index (χ3n) is 3.10. The molecular weight excluding hydrogens is 200 g/mol. The van der Waals surface area contributed by atoms with Gasteiger partial charge in [0.15, 0.2) is 0 Å². The Morgan fingerprint density at radius 2 is 1.69 bits per heavy atom. The normalized spacial score (nSPS) is 30.6. The molecule has 0 unspecified atom stereocenters. The lowest BCUT2D eigenvalue weighted by Crippen LogP contribution is -2.05. The lowest BCUT2D eigenvalue weighted by Gasteiger charge is -2.05. The summed E-state index contributed by atoms with van der Waals surface area (Å²) in [4.78, 5) is 10.3. The Bertz CT molecular complexity index is 398. The molecule has 1 aliphatic carbocycles. The Morgan fingerprint density at radius 3 is 2.31 bits per heavy atom. The van der Waals surface area contributed by atoms with Crippen LogP contribution in [-0.4, -0.2) is 12.2 Å². The van der Waals surface area contributed by atoms with Crippen LogP contribution in [0.15, 0.2) is 48.1 Å². The van der Waals surface area contributed by atoms with Gasteiger partial charge in [-0.3, -0.25) is 0 Å². The Balaban J connectivity index is 1.73. The van der Waals surface area contributed by atoms with Gasteiger partial charge in [0.05, 0.1) is 0 Å². The van der Waals surface area contributed by atoms with Crippen LogP contribution in [0, 0.1) is 0 Å². The summed E-state index contributed by atoms with van der Waals surface area (Å²) in [6.07, 6.45) is 8.89. The van der Waals surface area contributed by atoms with Crippen molar-refractivity contribution in [1.29, 1.82) is 0 Å². The quantitative estimate of drug-likeness (QED) is 0.704. The first kappa shape index (κ1) is 9.82. The van der Waals surface area contributed by atoms with E-state index in [1.54, 1.807) is 0 Å². The molecule has 2 aliphatic rings. The van der Waals surface area contributed by atoms with Crippen molar-refractivity contribution in [2.75, 3.05) is 0 Å². The Hall–Kier alpha value is -1.38. The SMILES string of the molecule is C(/C=C/c1ccccc1)=C1[C@@H]2CC[C@H]1OO2. The van der Waals surface area contributed by atoms with E-state index in [0.29, 0.717) is 0 Å². The minimum absolute atomic E-state index is 0.199. The summed E-state index contributed by atoms with van der Waals surface area (Å²) in [6, 6.07) is 10.3. The number of hydrogen-bond donors (Lipinski definition) is 0. The molecule has 2 nitrogen and oxygen atoms in total. The summed E-state index contributed by atoms with van der Waals surface area (Å²) < 4.78 is 0. The van der Waals surface area contributed by atoms with Gasteiger partial charge in [-0.25, -0.2) is 9.78 Å². The fourth-order valence-electron chi connectivity index (χ4n) is 2.23. The van der Waals surface area contributed by atoms with Crippen LogP contribution in [0.5, 0.6) is 0 Å². The van der Waals surface area contributed by atoms with E-state index in [0.717, 1.165) is 12.8 Å². The molecule has 0 radical (unpaired) electrons. The van der Waals surface area contributed by atoms with E-state index < -0.39 is 0 Å². The van der Waals surface area contributed by atoms with E-state index in [1.807, 2.05) is 18.2 Å². The van der Waals surface area contributed by atoms with E-state index in [9.17, 15) is 0 Å². The van der Waals surface area contributed by atoms with Gasteiger partial charge in [-0.2, -0.15) is 0 Å². The van der Waals surface area contributed by atoms with Crippen LogP contribution in [0.2, 0.25) is 0 Å². The second-order valence-corrected chi connectivity index (χ2v) is 4.18. The van der Waals surface area contributed by atoms with Crippen molar-refractivity contribution < 1.29 is 9.78 Å². The largest absolute Gasteiger partial charge is 0.228 e. The number of fused-ring (bicyclic) bond motifs is 2. The van der Waals surface area contributed by atoms with Crippen molar-refractivity contribution in [3.63, 3.8) is 0 Å². The molecule has 0 N–H and O–H groups in total. The van der Waals surface area contributed by atoms with Gasteiger partial charge < -0.3 is 0 Å². The zero-order valence-electron chi connectivity index (χ0n) is 9.00. The minimum Gasteiger partial charge on any atom is -0.228 e. The third kappa shape index (κ3) is 1.82. The zero-order valence-corrected chi connectivity index (χ0v) is 9.00. The molecule has 2 fully saturated rings. The van der Waals surface area contributed by atoms with E-state index in [1.165, 1.54) is 11.1 Å². The summed E-state index contributed by atoms with van der Waals surface area (Å²) in [5.74, 6) is 0. The summed E-state index contributed by atoms with van der Waals surface area (Å²) >= 11 is 0. The Labute approximate surface area is 95.1 Å². The van der Waals surface area contributed by atoms with Crippen molar-refractivity contribution in [2.45, 2.75) is 25.0 Å². The van der Waals surface area contributed by atoms with Crippen LogP contribution in [0.1, 0.15) is 18.4 Å². The predicted octanol–water partition coefficient (Wildman–Crippen LogP) is 3.12. The van der Waals surface area contributed by atoms with Crippen molar-refractivity contribution in [3.8, 4) is 0 Å². The van der Waals surface area contributed by atoms with Gasteiger partial charge in [0.2, 0.25) is 0 Å². The molecule has 1 aliphatic heterocycles.